The van der Waals surface area contributed by atoms with Crippen LogP contribution in [0.5, 0.6) is 0 Å². The van der Waals surface area contributed by atoms with Crippen molar-refractivity contribution in [3.8, 4) is 0 Å². The predicted octanol–water partition coefficient (Wildman–Crippen LogP) is 2.03. The fraction of sp³-hybridized carbons (Fsp3) is 0.217. The fourth-order valence-corrected chi connectivity index (χ4v) is 4.04. The summed E-state index contributed by atoms with van der Waals surface area (Å²) in [5.74, 6) is -0.0936. The van der Waals surface area contributed by atoms with Crippen LogP contribution in [0.25, 0.3) is 0 Å². The highest BCUT2D eigenvalue weighted by Crippen LogP contribution is 2.25. The number of hydrogen-bond acceptors (Lipinski definition) is 3. The Balaban J connectivity index is 1.60. The lowest BCUT2D eigenvalue weighted by atomic mass is 10.1. The normalized spacial score (nSPS) is 12.8. The minimum absolute atomic E-state index is 0.00624. The van der Waals surface area contributed by atoms with Crippen molar-refractivity contribution in [2.75, 3.05) is 20.6 Å². The van der Waals surface area contributed by atoms with Crippen LogP contribution in [0.3, 0.4) is 0 Å². The van der Waals surface area contributed by atoms with Gasteiger partial charge in [-0.05, 0) is 29.1 Å². The quantitative estimate of drug-likeness (QED) is 0.534. The van der Waals surface area contributed by atoms with Gasteiger partial charge in [-0.15, -0.1) is 11.3 Å². The zero-order valence-electron chi connectivity index (χ0n) is 16.6. The first kappa shape index (κ1) is 20.8. The summed E-state index contributed by atoms with van der Waals surface area (Å²) < 4.78 is 0. The molecule has 1 aromatic heterocycles. The summed E-state index contributed by atoms with van der Waals surface area (Å²) in [7, 11) is 3.61. The Morgan fingerprint density at radius 1 is 1.00 bits per heavy atom. The summed E-state index contributed by atoms with van der Waals surface area (Å²) in [5.41, 5.74) is 2.79. The summed E-state index contributed by atoms with van der Waals surface area (Å²) in [6, 6.07) is 21.4. The molecule has 0 spiro atoms. The van der Waals surface area contributed by atoms with Gasteiger partial charge in [0.25, 0.3) is 11.8 Å². The lowest BCUT2D eigenvalue weighted by Gasteiger charge is -2.20. The monoisotopic (exact) mass is 408 g/mol. The predicted molar refractivity (Wildman–Crippen MR) is 116 cm³/mol. The van der Waals surface area contributed by atoms with Gasteiger partial charge in [0.2, 0.25) is 0 Å². The second-order valence-electron chi connectivity index (χ2n) is 7.01. The first-order valence-corrected chi connectivity index (χ1v) is 10.4. The first-order chi connectivity index (χ1) is 14.1. The molecule has 3 N–H and O–H groups in total. The van der Waals surface area contributed by atoms with Crippen LogP contribution >= 0.6 is 11.3 Å². The van der Waals surface area contributed by atoms with Crippen LogP contribution in [-0.4, -0.2) is 32.5 Å². The van der Waals surface area contributed by atoms with Crippen LogP contribution in [-0.2, 0) is 11.3 Å². The SMILES string of the molecule is CNC(=O)c1ccc(C[NH+](C)CC(=O)N[C@@H](c2ccccc2)c2cccs2)cc1. The molecule has 2 amide bonds. The van der Waals surface area contributed by atoms with E-state index in [0.717, 1.165) is 20.9 Å². The van der Waals surface area contributed by atoms with E-state index in [2.05, 4.69) is 10.6 Å². The van der Waals surface area contributed by atoms with Crippen molar-refractivity contribution in [1.29, 1.82) is 0 Å². The molecule has 5 nitrogen and oxygen atoms in total. The molecule has 3 aromatic rings. The van der Waals surface area contributed by atoms with Gasteiger partial charge in [0, 0.05) is 23.1 Å². The van der Waals surface area contributed by atoms with Gasteiger partial charge in [0.05, 0.1) is 13.1 Å². The van der Waals surface area contributed by atoms with Gasteiger partial charge in [-0.3, -0.25) is 9.59 Å². The Hall–Kier alpha value is -2.96. The fourth-order valence-electron chi connectivity index (χ4n) is 3.24. The Bertz CT molecular complexity index is 925. The van der Waals surface area contributed by atoms with Gasteiger partial charge in [0.1, 0.15) is 6.54 Å². The molecule has 0 aliphatic carbocycles. The molecule has 0 radical (unpaired) electrons. The van der Waals surface area contributed by atoms with Crippen LogP contribution in [0.15, 0.2) is 72.1 Å². The highest BCUT2D eigenvalue weighted by molar-refractivity contribution is 7.10. The molecular weight excluding hydrogens is 382 g/mol. The second kappa shape index (κ2) is 10.0. The Kier molecular flexibility index (Phi) is 7.16. The van der Waals surface area contributed by atoms with Crippen molar-refractivity contribution >= 4 is 23.2 Å². The smallest absolute Gasteiger partial charge is 0.275 e. The largest absolute Gasteiger partial charge is 0.355 e. The van der Waals surface area contributed by atoms with E-state index in [0.29, 0.717) is 18.7 Å². The summed E-state index contributed by atoms with van der Waals surface area (Å²) in [6.07, 6.45) is 0. The van der Waals surface area contributed by atoms with Crippen molar-refractivity contribution in [3.05, 3.63) is 93.7 Å². The highest BCUT2D eigenvalue weighted by atomic mass is 32.1. The molecule has 0 saturated carbocycles. The van der Waals surface area contributed by atoms with E-state index < -0.39 is 0 Å². The van der Waals surface area contributed by atoms with Gasteiger partial charge in [-0.2, -0.15) is 0 Å². The summed E-state index contributed by atoms with van der Waals surface area (Å²) in [5, 5.41) is 7.82. The van der Waals surface area contributed by atoms with Gasteiger partial charge in [-0.1, -0.05) is 48.5 Å². The molecule has 1 heterocycles. The lowest BCUT2D eigenvalue weighted by molar-refractivity contribution is -0.885. The Labute approximate surface area is 175 Å². The van der Waals surface area contributed by atoms with Crippen molar-refractivity contribution in [3.63, 3.8) is 0 Å². The third-order valence-corrected chi connectivity index (χ3v) is 5.61. The van der Waals surface area contributed by atoms with Crippen LogP contribution in [0, 0.1) is 0 Å². The number of hydrogen-bond donors (Lipinski definition) is 3. The Morgan fingerprint density at radius 2 is 1.72 bits per heavy atom. The second-order valence-corrected chi connectivity index (χ2v) is 7.99. The summed E-state index contributed by atoms with van der Waals surface area (Å²) in [6.45, 7) is 1.07. The van der Waals surface area contributed by atoms with E-state index in [-0.39, 0.29) is 17.9 Å². The third-order valence-electron chi connectivity index (χ3n) is 4.68. The number of thiophene rings is 1. The molecule has 3 rings (SSSR count). The van der Waals surface area contributed by atoms with E-state index in [4.69, 9.17) is 0 Å². The number of rotatable bonds is 8. The van der Waals surface area contributed by atoms with Crippen LogP contribution < -0.4 is 15.5 Å². The van der Waals surface area contributed by atoms with Crippen LogP contribution in [0.1, 0.15) is 32.4 Å². The van der Waals surface area contributed by atoms with Crippen molar-refractivity contribution in [2.24, 2.45) is 0 Å². The van der Waals surface area contributed by atoms with Crippen molar-refractivity contribution < 1.29 is 14.5 Å². The van der Waals surface area contributed by atoms with Crippen LogP contribution in [0.2, 0.25) is 0 Å². The summed E-state index contributed by atoms with van der Waals surface area (Å²) in [4.78, 5) is 26.6. The molecular formula is C23H26N3O2S+. The van der Waals surface area contributed by atoms with E-state index in [1.54, 1.807) is 18.4 Å². The van der Waals surface area contributed by atoms with Crippen molar-refractivity contribution in [2.45, 2.75) is 12.6 Å². The van der Waals surface area contributed by atoms with Gasteiger partial charge in [-0.25, -0.2) is 0 Å². The maximum absolute atomic E-state index is 12.7. The minimum atomic E-state index is -0.136. The number of carbonyl (C=O) groups is 2. The average molecular weight is 409 g/mol. The molecule has 0 fully saturated rings. The summed E-state index contributed by atoms with van der Waals surface area (Å²) >= 11 is 1.64. The number of amides is 2. The zero-order chi connectivity index (χ0) is 20.6. The molecule has 0 aliphatic rings. The number of nitrogens with one attached hydrogen (secondary N) is 3. The molecule has 150 valence electrons. The van der Waals surface area contributed by atoms with Gasteiger partial charge in [0.15, 0.2) is 6.54 Å². The van der Waals surface area contributed by atoms with E-state index >= 15 is 0 Å². The van der Waals surface area contributed by atoms with Gasteiger partial charge >= 0.3 is 0 Å². The van der Waals surface area contributed by atoms with Crippen LogP contribution in [0.4, 0.5) is 0 Å². The highest BCUT2D eigenvalue weighted by Gasteiger charge is 2.20. The maximum atomic E-state index is 12.7. The molecule has 0 aliphatic heterocycles. The Morgan fingerprint density at radius 3 is 2.34 bits per heavy atom. The number of likely N-dealkylation sites (N-methyl/N-ethyl adjacent to an activating group) is 1. The average Bonchev–Trinajstić information content (AvgIpc) is 3.27. The first-order valence-electron chi connectivity index (χ1n) is 9.57. The number of benzene rings is 2. The maximum Gasteiger partial charge on any atom is 0.275 e. The van der Waals surface area contributed by atoms with E-state index in [9.17, 15) is 9.59 Å². The molecule has 0 saturated heterocycles. The molecule has 2 aromatic carbocycles. The van der Waals surface area contributed by atoms with Gasteiger partial charge < -0.3 is 15.5 Å². The topological polar surface area (TPSA) is 62.6 Å². The molecule has 6 heteroatoms. The molecule has 29 heavy (non-hydrogen) atoms. The van der Waals surface area contributed by atoms with Crippen molar-refractivity contribution in [1.82, 2.24) is 10.6 Å². The standard InChI is InChI=1S/C23H25N3O2S/c1-24-23(28)19-12-10-17(11-13-19)15-26(2)16-21(27)25-22(20-9-6-14-29-20)18-7-4-3-5-8-18/h3-14,22H,15-16H2,1-2H3,(H,24,28)(H,25,27)/p+1/t22-/m0/s1. The molecule has 0 bridgehead atoms. The zero-order valence-corrected chi connectivity index (χ0v) is 17.5. The minimum Gasteiger partial charge on any atom is -0.355 e. The van der Waals surface area contributed by atoms with E-state index in [1.165, 1.54) is 0 Å². The lowest BCUT2D eigenvalue weighted by Crippen LogP contribution is -3.08. The number of quaternary nitrogens is 1. The van der Waals surface area contributed by atoms with E-state index in [1.807, 2.05) is 79.2 Å². The number of carbonyl (C=O) groups excluding carboxylic acids is 2. The molecule has 1 unspecified atom stereocenters. The third kappa shape index (κ3) is 5.76. The molecule has 2 atom stereocenters.